The number of hydrogen-bond acceptors (Lipinski definition) is 0. The minimum absolute atomic E-state index is 0.812. The lowest BCUT2D eigenvalue weighted by Crippen LogP contribution is -1.99. The van der Waals surface area contributed by atoms with E-state index >= 15 is 0 Å². The van der Waals surface area contributed by atoms with E-state index in [1.807, 2.05) is 0 Å². The monoisotopic (exact) mass is 198 g/mol. The predicted molar refractivity (Wildman–Crippen MR) is 63.7 cm³/mol. The second kappa shape index (κ2) is 3.52. The van der Waals surface area contributed by atoms with Crippen molar-refractivity contribution >= 4 is 0 Å². The van der Waals surface area contributed by atoms with Gasteiger partial charge in [0.1, 0.15) is 0 Å². The van der Waals surface area contributed by atoms with Gasteiger partial charge in [0.05, 0.1) is 0 Å². The van der Waals surface area contributed by atoms with Gasteiger partial charge in [0.15, 0.2) is 0 Å². The molecule has 78 valence electrons. The molecule has 0 saturated heterocycles. The molecule has 4 atom stereocenters. The predicted octanol–water partition coefficient (Wildman–Crippen LogP) is 4.00. The molecule has 0 heterocycles. The molecule has 0 aromatic heterocycles. The molecule has 2 aliphatic rings. The van der Waals surface area contributed by atoms with E-state index in [9.17, 15) is 0 Å². The molecule has 3 rings (SSSR count). The van der Waals surface area contributed by atoms with Crippen molar-refractivity contribution in [3.05, 3.63) is 48.0 Å². The van der Waals surface area contributed by atoms with E-state index in [4.69, 9.17) is 0 Å². The number of hydrogen-bond donors (Lipinski definition) is 0. The summed E-state index contributed by atoms with van der Waals surface area (Å²) >= 11 is 0. The Morgan fingerprint density at radius 2 is 1.80 bits per heavy atom. The van der Waals surface area contributed by atoms with E-state index in [1.54, 1.807) is 5.56 Å². The second-order valence-electron chi connectivity index (χ2n) is 5.18. The van der Waals surface area contributed by atoms with Crippen molar-refractivity contribution in [2.45, 2.75) is 25.7 Å². The minimum Gasteiger partial charge on any atom is -0.0854 e. The third kappa shape index (κ3) is 1.73. The van der Waals surface area contributed by atoms with Gasteiger partial charge in [0, 0.05) is 0 Å². The van der Waals surface area contributed by atoms with Crippen molar-refractivity contribution in [2.24, 2.45) is 17.8 Å². The summed E-state index contributed by atoms with van der Waals surface area (Å²) < 4.78 is 0. The van der Waals surface area contributed by atoms with Crippen LogP contribution in [0.1, 0.15) is 31.2 Å². The summed E-state index contributed by atoms with van der Waals surface area (Å²) in [6.07, 6.45) is 7.64. The first-order chi connectivity index (χ1) is 7.34. The van der Waals surface area contributed by atoms with E-state index in [2.05, 4.69) is 49.4 Å². The first-order valence-corrected chi connectivity index (χ1v) is 6.08. The first kappa shape index (κ1) is 9.21. The molecule has 2 aliphatic carbocycles. The van der Waals surface area contributed by atoms with E-state index < -0.39 is 0 Å². The van der Waals surface area contributed by atoms with E-state index in [-0.39, 0.29) is 0 Å². The largest absolute Gasteiger partial charge is 0.0854 e. The molecule has 0 bridgehead atoms. The fraction of sp³-hybridized carbons (Fsp3) is 0.467. The highest BCUT2D eigenvalue weighted by atomic mass is 14.5. The molecule has 0 N–H and O–H groups in total. The van der Waals surface area contributed by atoms with Crippen LogP contribution in [0.4, 0.5) is 0 Å². The van der Waals surface area contributed by atoms with Crippen LogP contribution in [0, 0.1) is 17.8 Å². The van der Waals surface area contributed by atoms with Gasteiger partial charge in [0.2, 0.25) is 0 Å². The van der Waals surface area contributed by atoms with Crippen molar-refractivity contribution in [3.63, 3.8) is 0 Å². The molecule has 4 unspecified atom stereocenters. The summed E-state index contributed by atoms with van der Waals surface area (Å²) in [7, 11) is 0. The van der Waals surface area contributed by atoms with Crippen LogP contribution in [0.25, 0.3) is 0 Å². The molecule has 0 spiro atoms. The summed E-state index contributed by atoms with van der Waals surface area (Å²) in [4.78, 5) is 0. The van der Waals surface area contributed by atoms with Crippen molar-refractivity contribution in [1.29, 1.82) is 0 Å². The van der Waals surface area contributed by atoms with E-state index in [0.29, 0.717) is 0 Å². The zero-order valence-electron chi connectivity index (χ0n) is 9.27. The number of rotatable bonds is 2. The lowest BCUT2D eigenvalue weighted by Gasteiger charge is -2.08. The molecule has 0 nitrogen and oxygen atoms in total. The summed E-state index contributed by atoms with van der Waals surface area (Å²) in [5.41, 5.74) is 1.55. The quantitative estimate of drug-likeness (QED) is 0.630. The van der Waals surface area contributed by atoms with Crippen LogP contribution < -0.4 is 0 Å². The van der Waals surface area contributed by atoms with E-state index in [1.165, 1.54) is 12.8 Å². The van der Waals surface area contributed by atoms with Gasteiger partial charge in [-0.2, -0.15) is 0 Å². The van der Waals surface area contributed by atoms with Gasteiger partial charge in [-0.25, -0.2) is 0 Å². The maximum Gasteiger partial charge on any atom is -0.0125 e. The van der Waals surface area contributed by atoms with E-state index in [0.717, 1.165) is 23.7 Å². The van der Waals surface area contributed by atoms with Gasteiger partial charge < -0.3 is 0 Å². The van der Waals surface area contributed by atoms with Crippen LogP contribution in [0.5, 0.6) is 0 Å². The third-order valence-electron chi connectivity index (χ3n) is 3.95. The molecule has 0 aliphatic heterocycles. The average molecular weight is 198 g/mol. The zero-order chi connectivity index (χ0) is 10.3. The fourth-order valence-corrected chi connectivity index (χ4v) is 3.01. The standard InChI is InChI=1S/C15H18/c1-11-7-8-13(9-11)15-10-14(15)12-5-3-2-4-6-12/h2-8,11,13-15H,9-10H2,1H3. The summed E-state index contributed by atoms with van der Waals surface area (Å²) in [5.74, 6) is 3.47. The molecular weight excluding hydrogens is 180 g/mol. The Morgan fingerprint density at radius 1 is 1.00 bits per heavy atom. The highest BCUT2D eigenvalue weighted by molar-refractivity contribution is 5.27. The summed E-state index contributed by atoms with van der Waals surface area (Å²) in [6.45, 7) is 2.33. The maximum absolute atomic E-state index is 2.46. The van der Waals surface area contributed by atoms with Gasteiger partial charge in [-0.3, -0.25) is 0 Å². The zero-order valence-corrected chi connectivity index (χ0v) is 9.27. The molecule has 1 saturated carbocycles. The minimum atomic E-state index is 0.812. The number of allylic oxidation sites excluding steroid dienone is 2. The molecule has 15 heavy (non-hydrogen) atoms. The van der Waals surface area contributed by atoms with Gasteiger partial charge in [-0.05, 0) is 42.1 Å². The summed E-state index contributed by atoms with van der Waals surface area (Å²) in [6, 6.07) is 11.0. The Bertz CT molecular complexity index is 363. The van der Waals surface area contributed by atoms with Crippen molar-refractivity contribution in [1.82, 2.24) is 0 Å². The molecule has 1 fully saturated rings. The molecule has 1 aromatic carbocycles. The smallest absolute Gasteiger partial charge is 0.0125 e. The summed E-state index contributed by atoms with van der Waals surface area (Å²) in [5, 5.41) is 0. The first-order valence-electron chi connectivity index (χ1n) is 6.08. The lowest BCUT2D eigenvalue weighted by atomic mass is 9.96. The van der Waals surface area contributed by atoms with Crippen LogP contribution in [0.15, 0.2) is 42.5 Å². The Labute approximate surface area is 92.0 Å². The van der Waals surface area contributed by atoms with Crippen LogP contribution in [-0.2, 0) is 0 Å². The molecule has 0 radical (unpaired) electrons. The van der Waals surface area contributed by atoms with Crippen molar-refractivity contribution in [3.8, 4) is 0 Å². The third-order valence-corrected chi connectivity index (χ3v) is 3.95. The van der Waals surface area contributed by atoms with Crippen molar-refractivity contribution in [2.75, 3.05) is 0 Å². The fourth-order valence-electron chi connectivity index (χ4n) is 3.01. The van der Waals surface area contributed by atoms with Crippen LogP contribution in [0.2, 0.25) is 0 Å². The Kier molecular flexibility index (Phi) is 2.16. The molecule has 1 aromatic rings. The highest BCUT2D eigenvalue weighted by Gasteiger charge is 2.43. The molecule has 0 heteroatoms. The Hall–Kier alpha value is -1.04. The van der Waals surface area contributed by atoms with Crippen LogP contribution in [0.3, 0.4) is 0 Å². The average Bonchev–Trinajstić information content (AvgIpc) is 2.96. The maximum atomic E-state index is 2.46. The van der Waals surface area contributed by atoms with Gasteiger partial charge in [0.25, 0.3) is 0 Å². The SMILES string of the molecule is CC1C=CC(C2CC2c2ccccc2)C1. The van der Waals surface area contributed by atoms with Gasteiger partial charge >= 0.3 is 0 Å². The van der Waals surface area contributed by atoms with Crippen LogP contribution >= 0.6 is 0 Å². The second-order valence-corrected chi connectivity index (χ2v) is 5.18. The van der Waals surface area contributed by atoms with Gasteiger partial charge in [-0.15, -0.1) is 0 Å². The topological polar surface area (TPSA) is 0 Å². The van der Waals surface area contributed by atoms with Crippen molar-refractivity contribution < 1.29 is 0 Å². The number of benzene rings is 1. The lowest BCUT2D eigenvalue weighted by molar-refractivity contribution is 0.491. The Morgan fingerprint density at radius 3 is 2.47 bits per heavy atom. The highest BCUT2D eigenvalue weighted by Crippen LogP contribution is 2.54. The van der Waals surface area contributed by atoms with Gasteiger partial charge in [-0.1, -0.05) is 49.4 Å². The normalized spacial score (nSPS) is 38.2. The molecular formula is C15H18. The Balaban J connectivity index is 1.68. The van der Waals surface area contributed by atoms with Crippen LogP contribution in [-0.4, -0.2) is 0 Å². The molecule has 0 amide bonds.